The van der Waals surface area contributed by atoms with E-state index in [1.807, 2.05) is 0 Å². The molecule has 0 saturated heterocycles. The molecule has 0 spiro atoms. The van der Waals surface area contributed by atoms with Gasteiger partial charge in [-0.2, -0.15) is 0 Å². The highest BCUT2D eigenvalue weighted by Crippen LogP contribution is 2.11. The summed E-state index contributed by atoms with van der Waals surface area (Å²) < 4.78 is 0. The van der Waals surface area contributed by atoms with Gasteiger partial charge in [-0.1, -0.05) is 52.9 Å². The molecule has 0 aliphatic heterocycles. The molecule has 0 heterocycles. The van der Waals surface area contributed by atoms with Crippen LogP contribution in [0, 0.1) is 12.8 Å². The van der Waals surface area contributed by atoms with E-state index < -0.39 is 0 Å². The molecule has 0 aromatic heterocycles. The summed E-state index contributed by atoms with van der Waals surface area (Å²) in [6.45, 7) is 8.23. The van der Waals surface area contributed by atoms with Gasteiger partial charge in [-0.15, -0.1) is 0 Å². The lowest BCUT2D eigenvalue weighted by Crippen LogP contribution is -1.84. The molecule has 0 N–H and O–H groups in total. The molecular formula is C10H20. The summed E-state index contributed by atoms with van der Waals surface area (Å²) in [6, 6.07) is 0. The molecule has 0 unspecified atom stereocenters. The molecule has 10 heavy (non-hydrogen) atoms. The van der Waals surface area contributed by atoms with Gasteiger partial charge in [0.15, 0.2) is 0 Å². The fourth-order valence-electron chi connectivity index (χ4n) is 1.01. The Morgan fingerprint density at radius 1 is 1.00 bits per heavy atom. The van der Waals surface area contributed by atoms with Crippen LogP contribution in [-0.2, 0) is 0 Å². The second-order valence-electron chi connectivity index (χ2n) is 3.22. The Hall–Kier alpha value is 0. The predicted octanol–water partition coefficient (Wildman–Crippen LogP) is 3.78. The molecule has 2 radical (unpaired) electrons. The van der Waals surface area contributed by atoms with Crippen LogP contribution in [0.15, 0.2) is 0 Å². The third-order valence-electron chi connectivity index (χ3n) is 1.68. The highest BCUT2D eigenvalue weighted by molar-refractivity contribution is 4.75. The molecule has 0 aliphatic rings. The molecule has 0 aliphatic carbocycles. The zero-order chi connectivity index (χ0) is 7.82. The van der Waals surface area contributed by atoms with Crippen LogP contribution in [-0.4, -0.2) is 0 Å². The fraction of sp³-hybridized carbons (Fsp3) is 0.800. The van der Waals surface area contributed by atoms with Crippen LogP contribution >= 0.6 is 0 Å². The number of hydrogen-bond acceptors (Lipinski definition) is 0. The van der Waals surface area contributed by atoms with E-state index in [9.17, 15) is 0 Å². The Morgan fingerprint density at radius 3 is 2.10 bits per heavy atom. The standard InChI is InChI=1S/C10H20/c1-4-5-6-7-8-9-10(2)3/h1,4-9H2,2-3H3. The van der Waals surface area contributed by atoms with Gasteiger partial charge in [0.25, 0.3) is 0 Å². The Morgan fingerprint density at radius 2 is 1.60 bits per heavy atom. The van der Waals surface area contributed by atoms with Crippen molar-refractivity contribution in [3.8, 4) is 0 Å². The van der Waals surface area contributed by atoms with Crippen molar-refractivity contribution >= 4 is 0 Å². The van der Waals surface area contributed by atoms with E-state index in [0.29, 0.717) is 0 Å². The maximum Gasteiger partial charge on any atom is -0.0303 e. The van der Waals surface area contributed by atoms with Gasteiger partial charge in [-0.3, -0.25) is 0 Å². The third kappa shape index (κ3) is 8.00. The van der Waals surface area contributed by atoms with Crippen LogP contribution in [0.25, 0.3) is 0 Å². The molecule has 0 atom stereocenters. The molecule has 60 valence electrons. The van der Waals surface area contributed by atoms with Gasteiger partial charge in [0.05, 0.1) is 0 Å². The highest BCUT2D eigenvalue weighted by Gasteiger charge is 1.93. The fourth-order valence-corrected chi connectivity index (χ4v) is 1.01. The van der Waals surface area contributed by atoms with Gasteiger partial charge in [-0.25, -0.2) is 0 Å². The molecule has 0 nitrogen and oxygen atoms in total. The van der Waals surface area contributed by atoms with Crippen molar-refractivity contribution in [1.82, 2.24) is 0 Å². The summed E-state index contributed by atoms with van der Waals surface area (Å²) in [5.74, 6) is 1.56. The number of hydrogen-bond donors (Lipinski definition) is 0. The Bertz CT molecular complexity index is 55.1. The van der Waals surface area contributed by atoms with Gasteiger partial charge in [0.2, 0.25) is 0 Å². The lowest BCUT2D eigenvalue weighted by atomic mass is 10.0. The zero-order valence-electron chi connectivity index (χ0n) is 7.45. The van der Waals surface area contributed by atoms with Crippen LogP contribution in [0.1, 0.15) is 52.4 Å². The first-order chi connectivity index (χ1) is 4.77. The highest BCUT2D eigenvalue weighted by atomic mass is 14.0. The normalized spacial score (nSPS) is 10.8. The third-order valence-corrected chi connectivity index (χ3v) is 1.68. The smallest absolute Gasteiger partial charge is 0.0303 e. The van der Waals surface area contributed by atoms with E-state index in [-0.39, 0.29) is 0 Å². The second kappa shape index (κ2) is 7.11. The summed E-state index contributed by atoms with van der Waals surface area (Å²) in [4.78, 5) is 0. The SMILES string of the molecule is [CH2]CCCCCC[C](C)C. The first-order valence-corrected chi connectivity index (χ1v) is 4.35. The van der Waals surface area contributed by atoms with E-state index in [1.54, 1.807) is 5.92 Å². The summed E-state index contributed by atoms with van der Waals surface area (Å²) in [5.41, 5.74) is 0. The van der Waals surface area contributed by atoms with Crippen molar-refractivity contribution in [1.29, 1.82) is 0 Å². The van der Waals surface area contributed by atoms with Gasteiger partial charge < -0.3 is 0 Å². The Labute approximate surface area is 66.0 Å². The van der Waals surface area contributed by atoms with Crippen LogP contribution in [0.3, 0.4) is 0 Å². The van der Waals surface area contributed by atoms with Gasteiger partial charge in [-0.05, 0) is 12.3 Å². The van der Waals surface area contributed by atoms with Crippen molar-refractivity contribution in [2.75, 3.05) is 0 Å². The number of rotatable bonds is 6. The largest absolute Gasteiger partial charge is 0.0594 e. The van der Waals surface area contributed by atoms with E-state index in [4.69, 9.17) is 0 Å². The summed E-state index contributed by atoms with van der Waals surface area (Å²) in [7, 11) is 0. The topological polar surface area (TPSA) is 0 Å². The Kier molecular flexibility index (Phi) is 7.11. The second-order valence-corrected chi connectivity index (χ2v) is 3.22. The first-order valence-electron chi connectivity index (χ1n) is 4.35. The minimum absolute atomic E-state index is 1.11. The maximum absolute atomic E-state index is 3.81. The molecule has 0 amide bonds. The van der Waals surface area contributed by atoms with Crippen molar-refractivity contribution in [3.63, 3.8) is 0 Å². The minimum atomic E-state index is 1.11. The van der Waals surface area contributed by atoms with E-state index in [0.717, 1.165) is 6.42 Å². The molecule has 0 aromatic rings. The molecule has 0 heteroatoms. The lowest BCUT2D eigenvalue weighted by Gasteiger charge is -2.02. The van der Waals surface area contributed by atoms with Gasteiger partial charge in [0.1, 0.15) is 0 Å². The zero-order valence-corrected chi connectivity index (χ0v) is 7.45. The average Bonchev–Trinajstić information content (AvgIpc) is 1.87. The van der Waals surface area contributed by atoms with Gasteiger partial charge in [0, 0.05) is 0 Å². The average molecular weight is 140 g/mol. The molecule has 0 aromatic carbocycles. The van der Waals surface area contributed by atoms with Crippen LogP contribution in [0.5, 0.6) is 0 Å². The van der Waals surface area contributed by atoms with Crippen molar-refractivity contribution < 1.29 is 0 Å². The van der Waals surface area contributed by atoms with Crippen LogP contribution in [0.4, 0.5) is 0 Å². The van der Waals surface area contributed by atoms with E-state index in [1.165, 1.54) is 32.1 Å². The van der Waals surface area contributed by atoms with Crippen LogP contribution in [0.2, 0.25) is 0 Å². The monoisotopic (exact) mass is 140 g/mol. The van der Waals surface area contributed by atoms with E-state index >= 15 is 0 Å². The first kappa shape index (κ1) is 10.0. The summed E-state index contributed by atoms with van der Waals surface area (Å²) in [6.07, 6.45) is 7.87. The summed E-state index contributed by atoms with van der Waals surface area (Å²) >= 11 is 0. The van der Waals surface area contributed by atoms with Crippen molar-refractivity contribution in [3.05, 3.63) is 12.8 Å². The molecule has 0 saturated carbocycles. The lowest BCUT2D eigenvalue weighted by molar-refractivity contribution is 0.624. The van der Waals surface area contributed by atoms with Gasteiger partial charge >= 0.3 is 0 Å². The minimum Gasteiger partial charge on any atom is -0.0594 e. The summed E-state index contributed by atoms with van der Waals surface area (Å²) in [5, 5.41) is 0. The van der Waals surface area contributed by atoms with Crippen LogP contribution < -0.4 is 0 Å². The quantitative estimate of drug-likeness (QED) is 0.493. The maximum atomic E-state index is 3.81. The molecule has 0 bridgehead atoms. The molecule has 0 fully saturated rings. The van der Waals surface area contributed by atoms with Crippen molar-refractivity contribution in [2.24, 2.45) is 0 Å². The number of unbranched alkanes of at least 4 members (excludes halogenated alkanes) is 4. The predicted molar refractivity (Wildman–Crippen MR) is 47.7 cm³/mol. The molecule has 0 rings (SSSR count). The Balaban J connectivity index is 2.77. The van der Waals surface area contributed by atoms with E-state index in [2.05, 4.69) is 20.8 Å². The van der Waals surface area contributed by atoms with Crippen molar-refractivity contribution in [2.45, 2.75) is 52.4 Å². The molecular weight excluding hydrogens is 120 g/mol.